The van der Waals surface area contributed by atoms with E-state index in [0.717, 1.165) is 47.5 Å². The van der Waals surface area contributed by atoms with Gasteiger partial charge in [0.05, 0.1) is 24.2 Å². The van der Waals surface area contributed by atoms with Crippen molar-refractivity contribution in [1.82, 2.24) is 9.55 Å². The molecule has 0 aliphatic carbocycles. The first-order valence-corrected chi connectivity index (χ1v) is 12.4. The van der Waals surface area contributed by atoms with Crippen molar-refractivity contribution in [3.63, 3.8) is 0 Å². The SMILES string of the molecule is Cc1ccc(-n2c(-c3cccc(OCc4ccccc4)c3)cnc2OCCCCCOCC(=O)O)cc1. The second kappa shape index (κ2) is 13.3. The largest absolute Gasteiger partial charge is 0.489 e. The van der Waals surface area contributed by atoms with E-state index in [9.17, 15) is 4.79 Å². The summed E-state index contributed by atoms with van der Waals surface area (Å²) in [6.45, 7) is 3.23. The molecule has 7 nitrogen and oxygen atoms in total. The van der Waals surface area contributed by atoms with Gasteiger partial charge in [0.15, 0.2) is 0 Å². The van der Waals surface area contributed by atoms with Crippen molar-refractivity contribution in [3.8, 4) is 28.7 Å². The molecule has 1 N–H and O–H groups in total. The van der Waals surface area contributed by atoms with Crippen LogP contribution in [0.1, 0.15) is 30.4 Å². The van der Waals surface area contributed by atoms with Gasteiger partial charge in [-0.05, 0) is 56.0 Å². The van der Waals surface area contributed by atoms with Crippen LogP contribution in [-0.4, -0.2) is 40.4 Å². The average Bonchev–Trinajstić information content (AvgIpc) is 3.34. The van der Waals surface area contributed by atoms with Crippen molar-refractivity contribution in [1.29, 1.82) is 0 Å². The lowest BCUT2D eigenvalue weighted by Crippen LogP contribution is -2.08. The molecule has 1 heterocycles. The Bertz CT molecular complexity index is 1270. The molecular weight excluding hydrogens is 468 g/mol. The van der Waals surface area contributed by atoms with E-state index in [1.807, 2.05) is 65.4 Å². The fourth-order valence-electron chi connectivity index (χ4n) is 3.88. The Kier molecular flexibility index (Phi) is 9.32. The number of hydrogen-bond acceptors (Lipinski definition) is 5. The second-order valence-corrected chi connectivity index (χ2v) is 8.75. The molecule has 4 aromatic rings. The molecule has 7 heteroatoms. The fourth-order valence-corrected chi connectivity index (χ4v) is 3.88. The number of imidazole rings is 1. The van der Waals surface area contributed by atoms with Crippen molar-refractivity contribution in [3.05, 3.63) is 96.2 Å². The number of rotatable bonds is 14. The molecular formula is C30H32N2O5. The van der Waals surface area contributed by atoms with Crippen LogP contribution in [0.5, 0.6) is 11.8 Å². The van der Waals surface area contributed by atoms with Gasteiger partial charge in [-0.15, -0.1) is 0 Å². The summed E-state index contributed by atoms with van der Waals surface area (Å²) in [6.07, 6.45) is 4.29. The molecule has 0 atom stereocenters. The van der Waals surface area contributed by atoms with Gasteiger partial charge in [0.1, 0.15) is 19.0 Å². The molecule has 0 saturated carbocycles. The zero-order valence-electron chi connectivity index (χ0n) is 21.0. The van der Waals surface area contributed by atoms with E-state index in [1.165, 1.54) is 5.56 Å². The Morgan fingerprint density at radius 1 is 0.892 bits per heavy atom. The average molecular weight is 501 g/mol. The van der Waals surface area contributed by atoms with Gasteiger partial charge in [-0.3, -0.25) is 4.57 Å². The Morgan fingerprint density at radius 2 is 1.68 bits per heavy atom. The maximum absolute atomic E-state index is 10.5. The number of hydrogen-bond donors (Lipinski definition) is 1. The van der Waals surface area contributed by atoms with Gasteiger partial charge >= 0.3 is 12.0 Å². The minimum atomic E-state index is -0.949. The molecule has 0 unspecified atom stereocenters. The lowest BCUT2D eigenvalue weighted by atomic mass is 10.1. The molecule has 192 valence electrons. The van der Waals surface area contributed by atoms with Gasteiger partial charge < -0.3 is 19.3 Å². The third kappa shape index (κ3) is 7.69. The van der Waals surface area contributed by atoms with Crippen molar-refractivity contribution in [2.75, 3.05) is 19.8 Å². The summed E-state index contributed by atoms with van der Waals surface area (Å²) in [6, 6.07) is 26.9. The minimum absolute atomic E-state index is 0.258. The van der Waals surface area contributed by atoms with Gasteiger partial charge in [0.2, 0.25) is 0 Å². The molecule has 0 aliphatic rings. The molecule has 37 heavy (non-hydrogen) atoms. The highest BCUT2D eigenvalue weighted by molar-refractivity contribution is 5.68. The first-order chi connectivity index (χ1) is 18.1. The number of carbonyl (C=O) groups is 1. The van der Waals surface area contributed by atoms with E-state index < -0.39 is 5.97 Å². The Morgan fingerprint density at radius 3 is 2.46 bits per heavy atom. The van der Waals surface area contributed by atoms with Crippen molar-refractivity contribution >= 4 is 5.97 Å². The molecule has 1 aromatic heterocycles. The van der Waals surface area contributed by atoms with Crippen molar-refractivity contribution in [2.45, 2.75) is 32.8 Å². The summed E-state index contributed by atoms with van der Waals surface area (Å²) in [7, 11) is 0. The normalized spacial score (nSPS) is 10.8. The van der Waals surface area contributed by atoms with E-state index in [4.69, 9.17) is 19.3 Å². The highest BCUT2D eigenvalue weighted by Crippen LogP contribution is 2.31. The topological polar surface area (TPSA) is 82.8 Å². The molecule has 4 rings (SSSR count). The Hall–Kier alpha value is -4.10. The van der Waals surface area contributed by atoms with Crippen LogP contribution in [-0.2, 0) is 16.1 Å². The highest BCUT2D eigenvalue weighted by Gasteiger charge is 2.15. The number of aliphatic carboxylic acids is 1. The summed E-state index contributed by atoms with van der Waals surface area (Å²) >= 11 is 0. The lowest BCUT2D eigenvalue weighted by molar-refractivity contribution is -0.142. The molecule has 0 spiro atoms. The first kappa shape index (κ1) is 26.0. The fraction of sp³-hybridized carbons (Fsp3) is 0.267. The molecule has 0 bridgehead atoms. The number of benzene rings is 3. The van der Waals surface area contributed by atoms with Gasteiger partial charge in [-0.2, -0.15) is 0 Å². The number of carboxylic acids is 1. The summed E-state index contributed by atoms with van der Waals surface area (Å²) in [5, 5.41) is 8.63. The molecule has 0 radical (unpaired) electrons. The smallest absolute Gasteiger partial charge is 0.329 e. The highest BCUT2D eigenvalue weighted by atomic mass is 16.5. The summed E-state index contributed by atoms with van der Waals surface area (Å²) in [5.41, 5.74) is 5.14. The first-order valence-electron chi connectivity index (χ1n) is 12.4. The summed E-state index contributed by atoms with van der Waals surface area (Å²) < 4.78 is 19.2. The van der Waals surface area contributed by atoms with Crippen molar-refractivity contribution < 1.29 is 24.1 Å². The van der Waals surface area contributed by atoms with Crippen LogP contribution >= 0.6 is 0 Å². The van der Waals surface area contributed by atoms with E-state index in [2.05, 4.69) is 36.2 Å². The van der Waals surface area contributed by atoms with Crippen LogP contribution in [0.2, 0.25) is 0 Å². The van der Waals surface area contributed by atoms with Crippen LogP contribution in [0.25, 0.3) is 16.9 Å². The van der Waals surface area contributed by atoms with E-state index in [0.29, 0.717) is 25.8 Å². The zero-order chi connectivity index (χ0) is 25.9. The number of ether oxygens (including phenoxy) is 3. The number of nitrogens with zero attached hydrogens (tertiary/aromatic N) is 2. The summed E-state index contributed by atoms with van der Waals surface area (Å²) in [5.74, 6) is -0.166. The van der Waals surface area contributed by atoms with Crippen LogP contribution in [0.15, 0.2) is 85.1 Å². The number of aryl methyl sites for hydroxylation is 1. The van der Waals surface area contributed by atoms with Gasteiger partial charge in [-0.1, -0.05) is 60.2 Å². The van der Waals surface area contributed by atoms with E-state index >= 15 is 0 Å². The Balaban J connectivity index is 1.46. The monoisotopic (exact) mass is 500 g/mol. The second-order valence-electron chi connectivity index (χ2n) is 8.75. The lowest BCUT2D eigenvalue weighted by Gasteiger charge is -2.14. The molecule has 3 aromatic carbocycles. The predicted molar refractivity (Wildman–Crippen MR) is 142 cm³/mol. The number of carboxylic acid groups (broad SMARTS) is 1. The third-order valence-corrected chi connectivity index (χ3v) is 5.79. The third-order valence-electron chi connectivity index (χ3n) is 5.79. The van der Waals surface area contributed by atoms with E-state index in [1.54, 1.807) is 0 Å². The predicted octanol–water partition coefficient (Wildman–Crippen LogP) is 6.08. The maximum atomic E-state index is 10.5. The van der Waals surface area contributed by atoms with Gasteiger partial charge in [-0.25, -0.2) is 9.78 Å². The van der Waals surface area contributed by atoms with Crippen LogP contribution in [0.3, 0.4) is 0 Å². The quantitative estimate of drug-likeness (QED) is 0.211. The maximum Gasteiger partial charge on any atom is 0.329 e. The van der Waals surface area contributed by atoms with Crippen LogP contribution in [0, 0.1) is 6.92 Å². The zero-order valence-corrected chi connectivity index (χ0v) is 21.0. The number of unbranched alkanes of at least 4 members (excludes halogenated alkanes) is 2. The van der Waals surface area contributed by atoms with Crippen LogP contribution in [0.4, 0.5) is 0 Å². The van der Waals surface area contributed by atoms with Crippen LogP contribution < -0.4 is 9.47 Å². The molecule has 0 saturated heterocycles. The van der Waals surface area contributed by atoms with Gasteiger partial charge in [0.25, 0.3) is 0 Å². The van der Waals surface area contributed by atoms with E-state index in [-0.39, 0.29) is 6.61 Å². The standard InChI is InChI=1S/C30H32N2O5/c1-23-13-15-26(16-14-23)32-28(20-31-30(32)36-18-7-3-6-17-35-22-29(33)34)25-11-8-12-27(19-25)37-21-24-9-4-2-5-10-24/h2,4-5,8-16,19-20H,3,6-7,17-18,21-22H2,1H3,(H,33,34). The minimum Gasteiger partial charge on any atom is -0.489 e. The van der Waals surface area contributed by atoms with Gasteiger partial charge in [0, 0.05) is 12.2 Å². The number of aromatic nitrogens is 2. The molecule has 0 amide bonds. The summed E-state index contributed by atoms with van der Waals surface area (Å²) in [4.78, 5) is 15.1. The van der Waals surface area contributed by atoms with Crippen molar-refractivity contribution in [2.24, 2.45) is 0 Å². The molecule has 0 fully saturated rings. The Labute approximate surface area is 217 Å². The molecule has 0 aliphatic heterocycles.